The van der Waals surface area contributed by atoms with Gasteiger partial charge in [0.05, 0.1) is 12.2 Å². The van der Waals surface area contributed by atoms with Crippen molar-refractivity contribution in [3.63, 3.8) is 0 Å². The van der Waals surface area contributed by atoms with E-state index < -0.39 is 5.91 Å². The number of halogens is 1. The van der Waals surface area contributed by atoms with E-state index in [-0.39, 0.29) is 6.61 Å². The maximum atomic E-state index is 11.7. The Hall–Kier alpha value is -3.32. The maximum Gasteiger partial charge on any atom is 0.252 e. The molecule has 0 radical (unpaired) electrons. The van der Waals surface area contributed by atoms with Crippen molar-refractivity contribution >= 4 is 28.4 Å². The van der Waals surface area contributed by atoms with E-state index in [4.69, 9.17) is 27.2 Å². The molecule has 7 heteroatoms. The molecule has 4 aromatic rings. The third-order valence-electron chi connectivity index (χ3n) is 5.82. The fourth-order valence-electron chi connectivity index (χ4n) is 4.05. The molecule has 4 N–H and O–H groups in total. The van der Waals surface area contributed by atoms with E-state index in [1.807, 2.05) is 57.4 Å². The minimum atomic E-state index is -0.504. The number of hydrogen-bond acceptors (Lipinski definition) is 4. The van der Waals surface area contributed by atoms with Crippen molar-refractivity contribution in [2.75, 3.05) is 20.3 Å². The summed E-state index contributed by atoms with van der Waals surface area (Å²) in [5, 5.41) is 13.9. The molecule has 0 aliphatic heterocycles. The van der Waals surface area contributed by atoms with Gasteiger partial charge in [-0.3, -0.25) is 4.79 Å². The third kappa shape index (κ3) is 6.66. The quantitative estimate of drug-likeness (QED) is 0.286. The average Bonchev–Trinajstić information content (AvgIpc) is 3.20. The van der Waals surface area contributed by atoms with Crippen molar-refractivity contribution in [2.24, 2.45) is 12.8 Å². The van der Waals surface area contributed by atoms with E-state index in [0.717, 1.165) is 29.5 Å². The highest BCUT2D eigenvalue weighted by Gasteiger charge is 2.12. The summed E-state index contributed by atoms with van der Waals surface area (Å²) in [6, 6.07) is 19.5. The topological polar surface area (TPSA) is 89.5 Å². The number of aliphatic hydroxyl groups excluding tert-OH is 1. The maximum absolute atomic E-state index is 11.7. The van der Waals surface area contributed by atoms with E-state index in [2.05, 4.69) is 28.2 Å². The largest absolute Gasteiger partial charge is 0.493 e. The standard InChI is InChI=1S/C18H21ClN2O2.C11H13NO/c1-3-8-23-17-7-6-12(9-15(17)18(20)22)13-4-5-14(11-21-2)16(19)10-13;1-12-8-9(6-7-13)10-4-2-3-5-11(10)12/h4-7,9-10,21H,3,8,11H2,1-2H3,(H2,20,22);2-5,8,13H,6-7H2,1H3. The van der Waals surface area contributed by atoms with Crippen LogP contribution in [0.3, 0.4) is 0 Å². The van der Waals surface area contributed by atoms with Gasteiger partial charge in [-0.2, -0.15) is 0 Å². The number of carbonyl (C=O) groups is 1. The number of nitrogens with two attached hydrogens (primary N) is 1. The van der Waals surface area contributed by atoms with E-state index in [1.165, 1.54) is 16.5 Å². The zero-order valence-electron chi connectivity index (χ0n) is 21.1. The first kappa shape index (κ1) is 27.3. The van der Waals surface area contributed by atoms with Crippen LogP contribution in [0, 0.1) is 0 Å². The summed E-state index contributed by atoms with van der Waals surface area (Å²) in [5.74, 6) is 0.0110. The number of carbonyl (C=O) groups excluding carboxylic acids is 1. The zero-order chi connectivity index (χ0) is 26.1. The second kappa shape index (κ2) is 13.1. The summed E-state index contributed by atoms with van der Waals surface area (Å²) >= 11 is 6.30. The number of nitrogens with zero attached hydrogens (tertiary/aromatic N) is 1. The normalized spacial score (nSPS) is 10.7. The first-order valence-corrected chi connectivity index (χ1v) is 12.4. The molecule has 0 unspecified atom stereocenters. The number of hydrogen-bond donors (Lipinski definition) is 3. The number of aliphatic hydroxyl groups is 1. The fraction of sp³-hybridized carbons (Fsp3) is 0.276. The number of benzene rings is 3. The second-order valence-electron chi connectivity index (χ2n) is 8.52. The van der Waals surface area contributed by atoms with E-state index >= 15 is 0 Å². The summed E-state index contributed by atoms with van der Waals surface area (Å²) in [7, 11) is 3.90. The van der Waals surface area contributed by atoms with Gasteiger partial charge < -0.3 is 25.5 Å². The van der Waals surface area contributed by atoms with Crippen LogP contribution in [0.2, 0.25) is 5.02 Å². The van der Waals surface area contributed by atoms with Crippen LogP contribution in [0.15, 0.2) is 66.9 Å². The van der Waals surface area contributed by atoms with Crippen LogP contribution in [0.1, 0.15) is 34.8 Å². The van der Waals surface area contributed by atoms with E-state index in [9.17, 15) is 4.79 Å². The second-order valence-corrected chi connectivity index (χ2v) is 8.92. The van der Waals surface area contributed by atoms with E-state index in [0.29, 0.717) is 29.5 Å². The first-order chi connectivity index (χ1) is 17.4. The lowest BCUT2D eigenvalue weighted by Gasteiger charge is -2.12. The number of aryl methyl sites for hydroxylation is 1. The summed E-state index contributed by atoms with van der Waals surface area (Å²) in [6.07, 6.45) is 3.69. The molecule has 0 spiro atoms. The Morgan fingerprint density at radius 3 is 2.47 bits per heavy atom. The van der Waals surface area contributed by atoms with Gasteiger partial charge in [-0.25, -0.2) is 0 Å². The van der Waals surface area contributed by atoms with Crippen molar-refractivity contribution in [2.45, 2.75) is 26.3 Å². The van der Waals surface area contributed by atoms with Gasteiger partial charge >= 0.3 is 0 Å². The van der Waals surface area contributed by atoms with Gasteiger partial charge in [0.2, 0.25) is 0 Å². The van der Waals surface area contributed by atoms with Gasteiger partial charge in [-0.15, -0.1) is 0 Å². The van der Waals surface area contributed by atoms with Gasteiger partial charge in [-0.1, -0.05) is 54.9 Å². The zero-order valence-corrected chi connectivity index (χ0v) is 21.8. The molecule has 0 saturated carbocycles. The van der Waals surface area contributed by atoms with E-state index in [1.54, 1.807) is 12.1 Å². The monoisotopic (exact) mass is 507 g/mol. The van der Waals surface area contributed by atoms with Gasteiger partial charge in [0.25, 0.3) is 5.91 Å². The van der Waals surface area contributed by atoms with Crippen molar-refractivity contribution in [1.29, 1.82) is 0 Å². The molecule has 0 saturated heterocycles. The molecule has 0 bridgehead atoms. The lowest BCUT2D eigenvalue weighted by atomic mass is 10.0. The number of rotatable bonds is 9. The van der Waals surface area contributed by atoms with Crippen molar-refractivity contribution in [3.05, 3.63) is 88.6 Å². The Kier molecular flexibility index (Phi) is 9.94. The molecule has 1 heterocycles. The number of para-hydroxylation sites is 1. The summed E-state index contributed by atoms with van der Waals surface area (Å²) < 4.78 is 7.68. The highest BCUT2D eigenvalue weighted by atomic mass is 35.5. The van der Waals surface area contributed by atoms with Crippen LogP contribution in [0.5, 0.6) is 5.75 Å². The van der Waals surface area contributed by atoms with Gasteiger partial charge in [0, 0.05) is 42.3 Å². The number of nitrogens with one attached hydrogen (secondary N) is 1. The summed E-state index contributed by atoms with van der Waals surface area (Å²) in [6.45, 7) is 3.47. The molecule has 36 heavy (non-hydrogen) atoms. The Labute approximate surface area is 217 Å². The van der Waals surface area contributed by atoms with Crippen molar-refractivity contribution in [3.8, 4) is 16.9 Å². The van der Waals surface area contributed by atoms with Gasteiger partial charge in [-0.05, 0) is 66.4 Å². The predicted molar refractivity (Wildman–Crippen MR) is 148 cm³/mol. The number of amides is 1. The molecule has 0 atom stereocenters. The Morgan fingerprint density at radius 1 is 1.08 bits per heavy atom. The van der Waals surface area contributed by atoms with Crippen LogP contribution >= 0.6 is 11.6 Å². The smallest absolute Gasteiger partial charge is 0.252 e. The highest BCUT2D eigenvalue weighted by Crippen LogP contribution is 2.30. The number of fused-ring (bicyclic) bond motifs is 1. The molecule has 3 aromatic carbocycles. The molecule has 190 valence electrons. The lowest BCUT2D eigenvalue weighted by molar-refractivity contribution is 0.0996. The summed E-state index contributed by atoms with van der Waals surface area (Å²) in [5.41, 5.74) is 11.1. The van der Waals surface area contributed by atoms with Crippen molar-refractivity contribution in [1.82, 2.24) is 9.88 Å². The van der Waals surface area contributed by atoms with Crippen LogP contribution in [-0.4, -0.2) is 35.8 Å². The lowest BCUT2D eigenvalue weighted by Crippen LogP contribution is -2.13. The highest BCUT2D eigenvalue weighted by molar-refractivity contribution is 6.31. The molecule has 4 rings (SSSR count). The Balaban J connectivity index is 0.000000233. The number of ether oxygens (including phenoxy) is 1. The number of primary amides is 1. The van der Waals surface area contributed by atoms with Crippen LogP contribution in [0.4, 0.5) is 0 Å². The first-order valence-electron chi connectivity index (χ1n) is 12.0. The SMILES string of the molecule is CCCOc1ccc(-c2ccc(CNC)c(Cl)c2)cc1C(N)=O.Cn1cc(CCO)c2ccccc21. The van der Waals surface area contributed by atoms with Crippen LogP contribution < -0.4 is 15.8 Å². The molecule has 1 amide bonds. The van der Waals surface area contributed by atoms with Crippen LogP contribution in [0.25, 0.3) is 22.0 Å². The van der Waals surface area contributed by atoms with Gasteiger partial charge in [0.1, 0.15) is 5.75 Å². The minimum absolute atomic E-state index is 0.216. The third-order valence-corrected chi connectivity index (χ3v) is 6.17. The van der Waals surface area contributed by atoms with Crippen molar-refractivity contribution < 1.29 is 14.6 Å². The fourth-order valence-corrected chi connectivity index (χ4v) is 4.29. The van der Waals surface area contributed by atoms with Gasteiger partial charge in [0.15, 0.2) is 0 Å². The molecule has 0 aliphatic carbocycles. The van der Waals surface area contributed by atoms with Crippen LogP contribution in [-0.2, 0) is 20.0 Å². The average molecular weight is 508 g/mol. The predicted octanol–water partition coefficient (Wildman–Crippen LogP) is 5.33. The molecular weight excluding hydrogens is 474 g/mol. The summed E-state index contributed by atoms with van der Waals surface area (Å²) in [4.78, 5) is 11.7. The molecular formula is C29H34ClN3O3. The Bertz CT molecular complexity index is 1320. The molecule has 6 nitrogen and oxygen atoms in total. The number of aromatic nitrogens is 1. The molecule has 0 aliphatic rings. The Morgan fingerprint density at radius 2 is 1.81 bits per heavy atom. The molecule has 1 aromatic heterocycles. The minimum Gasteiger partial charge on any atom is -0.493 e. The molecule has 0 fully saturated rings.